The van der Waals surface area contributed by atoms with Gasteiger partial charge in [0, 0.05) is 18.8 Å². The summed E-state index contributed by atoms with van der Waals surface area (Å²) in [4.78, 5) is 22.6. The van der Waals surface area contributed by atoms with Crippen LogP contribution in [0.15, 0.2) is 0 Å². The normalized spacial score (nSPS) is 48.2. The van der Waals surface area contributed by atoms with Crippen molar-refractivity contribution in [1.29, 1.82) is 0 Å². The lowest BCUT2D eigenvalue weighted by Crippen LogP contribution is -2.36. The van der Waals surface area contributed by atoms with Crippen LogP contribution in [0.25, 0.3) is 0 Å². The van der Waals surface area contributed by atoms with Crippen molar-refractivity contribution in [1.82, 2.24) is 0 Å². The first-order chi connectivity index (χ1) is 7.59. The molecule has 1 heterocycles. The number of hydrogen-bond donors (Lipinski definition) is 0. The molecule has 5 heteroatoms. The van der Waals surface area contributed by atoms with Crippen LogP contribution in [0.5, 0.6) is 0 Å². The van der Waals surface area contributed by atoms with Gasteiger partial charge in [0.1, 0.15) is 6.10 Å². The summed E-state index contributed by atoms with van der Waals surface area (Å²) in [6.45, 7) is 1.78. The molecule has 3 fully saturated rings. The predicted molar refractivity (Wildman–Crippen MR) is 62.9 cm³/mol. The van der Waals surface area contributed by atoms with Gasteiger partial charge in [0.15, 0.2) is 0 Å². The van der Waals surface area contributed by atoms with E-state index in [1.54, 1.807) is 0 Å². The van der Waals surface area contributed by atoms with Gasteiger partial charge in [-0.1, -0.05) is 22.6 Å². The first kappa shape index (κ1) is 10.8. The molecule has 0 aromatic carbocycles. The molecule has 1 aliphatic heterocycles. The van der Waals surface area contributed by atoms with Gasteiger partial charge in [-0.2, -0.15) is 0 Å². The average molecular weight is 336 g/mol. The lowest BCUT2D eigenvalue weighted by Gasteiger charge is -2.27. The average Bonchev–Trinajstić information content (AvgIpc) is 2.79. The Kier molecular flexibility index (Phi) is 2.42. The van der Waals surface area contributed by atoms with Crippen molar-refractivity contribution in [3.8, 4) is 0 Å². The highest BCUT2D eigenvalue weighted by molar-refractivity contribution is 14.1. The Morgan fingerprint density at radius 1 is 1.56 bits per heavy atom. The third-order valence-electron chi connectivity index (χ3n) is 4.17. The van der Waals surface area contributed by atoms with Crippen LogP contribution in [0, 0.1) is 23.7 Å². The molecule has 0 radical (unpaired) electrons. The van der Waals surface area contributed by atoms with Gasteiger partial charge in [0.05, 0.1) is 16.4 Å². The number of carbonyl (C=O) groups is 2. The molecule has 6 atom stereocenters. The summed E-state index contributed by atoms with van der Waals surface area (Å²) in [7, 11) is 0. The summed E-state index contributed by atoms with van der Waals surface area (Å²) in [5.74, 6) is 0.679. The number of halogens is 1. The fraction of sp³-hybridized carbons (Fsp3) is 0.818. The van der Waals surface area contributed by atoms with Crippen molar-refractivity contribution < 1.29 is 19.1 Å². The molecule has 0 aromatic heterocycles. The van der Waals surface area contributed by atoms with Gasteiger partial charge < -0.3 is 9.47 Å². The number of carbonyl (C=O) groups excluding carboxylic acids is 2. The van der Waals surface area contributed by atoms with Crippen LogP contribution in [0.2, 0.25) is 0 Å². The van der Waals surface area contributed by atoms with E-state index in [-0.39, 0.29) is 29.9 Å². The monoisotopic (exact) mass is 336 g/mol. The zero-order chi connectivity index (χ0) is 11.4. The fourth-order valence-electron chi connectivity index (χ4n) is 3.56. The van der Waals surface area contributed by atoms with Crippen LogP contribution in [-0.2, 0) is 19.1 Å². The quantitative estimate of drug-likeness (QED) is 0.431. The molecule has 3 rings (SSSR count). The summed E-state index contributed by atoms with van der Waals surface area (Å²) >= 11 is 2.38. The number of fused-ring (bicyclic) bond motifs is 1. The van der Waals surface area contributed by atoms with E-state index in [9.17, 15) is 9.59 Å². The third kappa shape index (κ3) is 1.33. The molecule has 2 saturated carbocycles. The van der Waals surface area contributed by atoms with Crippen molar-refractivity contribution in [2.24, 2.45) is 23.7 Å². The maximum atomic E-state index is 11.7. The fourth-order valence-corrected chi connectivity index (χ4v) is 5.07. The van der Waals surface area contributed by atoms with E-state index in [1.807, 2.05) is 0 Å². The Balaban J connectivity index is 1.80. The third-order valence-corrected chi connectivity index (χ3v) is 5.80. The van der Waals surface area contributed by atoms with E-state index in [4.69, 9.17) is 9.47 Å². The van der Waals surface area contributed by atoms with Crippen molar-refractivity contribution in [2.75, 3.05) is 6.61 Å². The molecule has 88 valence electrons. The van der Waals surface area contributed by atoms with Crippen LogP contribution in [0.3, 0.4) is 0 Å². The van der Waals surface area contributed by atoms with Crippen LogP contribution < -0.4 is 0 Å². The largest absolute Gasteiger partial charge is 0.466 e. The molecule has 16 heavy (non-hydrogen) atoms. The molecule has 0 amide bonds. The Bertz CT molecular complexity index is 356. The lowest BCUT2D eigenvalue weighted by atomic mass is 9.80. The number of alkyl halides is 1. The Labute approximate surface area is 107 Å². The van der Waals surface area contributed by atoms with Crippen LogP contribution in [-0.4, -0.2) is 28.6 Å². The second-order valence-corrected chi connectivity index (χ2v) is 6.34. The molecular weight excluding hydrogens is 323 g/mol. The highest BCUT2D eigenvalue weighted by Crippen LogP contribution is 2.59. The van der Waals surface area contributed by atoms with Crippen molar-refractivity contribution in [3.63, 3.8) is 0 Å². The molecule has 0 aromatic rings. The van der Waals surface area contributed by atoms with Gasteiger partial charge >= 0.3 is 11.9 Å². The number of ether oxygens (including phenoxy) is 2. The van der Waals surface area contributed by atoms with Gasteiger partial charge in [-0.3, -0.25) is 9.59 Å². The van der Waals surface area contributed by atoms with Crippen molar-refractivity contribution in [2.45, 2.75) is 23.4 Å². The van der Waals surface area contributed by atoms with Gasteiger partial charge in [-0.25, -0.2) is 0 Å². The summed E-state index contributed by atoms with van der Waals surface area (Å²) in [6, 6.07) is 0. The topological polar surface area (TPSA) is 52.6 Å². The number of rotatable bonds is 2. The summed E-state index contributed by atoms with van der Waals surface area (Å²) < 4.78 is 10.9. The maximum absolute atomic E-state index is 11.7. The van der Waals surface area contributed by atoms with Crippen LogP contribution >= 0.6 is 22.6 Å². The molecule has 1 saturated heterocycles. The molecule has 4 unspecified atom stereocenters. The molecule has 0 spiro atoms. The minimum atomic E-state index is -0.268. The van der Waals surface area contributed by atoms with E-state index < -0.39 is 0 Å². The van der Waals surface area contributed by atoms with Gasteiger partial charge in [0.2, 0.25) is 0 Å². The minimum absolute atomic E-state index is 0.0136. The first-order valence-corrected chi connectivity index (χ1v) is 6.82. The van der Waals surface area contributed by atoms with E-state index >= 15 is 0 Å². The van der Waals surface area contributed by atoms with E-state index in [2.05, 4.69) is 22.6 Å². The van der Waals surface area contributed by atoms with Crippen molar-refractivity contribution in [3.05, 3.63) is 0 Å². The van der Waals surface area contributed by atoms with E-state index in [1.165, 1.54) is 6.92 Å². The van der Waals surface area contributed by atoms with Gasteiger partial charge in [-0.05, 0) is 12.3 Å². The molecule has 4 nitrogen and oxygen atoms in total. The van der Waals surface area contributed by atoms with Crippen LogP contribution in [0.1, 0.15) is 13.3 Å². The lowest BCUT2D eigenvalue weighted by molar-refractivity contribution is -0.148. The summed E-state index contributed by atoms with van der Waals surface area (Å²) in [5, 5.41) is 0. The zero-order valence-corrected chi connectivity index (χ0v) is 11.0. The Morgan fingerprint density at radius 3 is 3.00 bits per heavy atom. The standard InChI is InChI=1S/C11H13IO4/c1-4(13)15-3-7-5-2-6-8(7)11(14)16-10(6)9(5)12/h5-10H,2-3H2,1H3/t5?,6?,7-,8?,9-,10?/m0/s1. The number of hydrogen-bond acceptors (Lipinski definition) is 4. The Hall–Kier alpha value is -0.330. The van der Waals surface area contributed by atoms with E-state index in [0.717, 1.165) is 6.42 Å². The molecule has 3 aliphatic rings. The molecule has 0 N–H and O–H groups in total. The molecule has 2 bridgehead atoms. The highest BCUT2D eigenvalue weighted by atomic mass is 127. The first-order valence-electron chi connectivity index (χ1n) is 5.57. The second-order valence-electron chi connectivity index (χ2n) is 4.90. The van der Waals surface area contributed by atoms with Crippen LogP contribution in [0.4, 0.5) is 0 Å². The minimum Gasteiger partial charge on any atom is -0.466 e. The number of esters is 2. The Morgan fingerprint density at radius 2 is 2.31 bits per heavy atom. The smallest absolute Gasteiger partial charge is 0.310 e. The predicted octanol–water partition coefficient (Wildman–Crippen LogP) is 1.16. The van der Waals surface area contributed by atoms with Crippen molar-refractivity contribution >= 4 is 34.5 Å². The maximum Gasteiger partial charge on any atom is 0.310 e. The van der Waals surface area contributed by atoms with Gasteiger partial charge in [0.25, 0.3) is 0 Å². The molecule has 2 aliphatic carbocycles. The zero-order valence-electron chi connectivity index (χ0n) is 8.89. The summed E-state index contributed by atoms with van der Waals surface area (Å²) in [6.07, 6.45) is 1.18. The van der Waals surface area contributed by atoms with E-state index in [0.29, 0.717) is 22.4 Å². The highest BCUT2D eigenvalue weighted by Gasteiger charge is 2.65. The summed E-state index contributed by atoms with van der Waals surface area (Å²) in [5.41, 5.74) is 0. The van der Waals surface area contributed by atoms with Gasteiger partial charge in [-0.15, -0.1) is 0 Å². The second kappa shape index (κ2) is 3.58. The SMILES string of the molecule is CC(=O)OC[C@@H]1C2C(=O)OC3C2CC1[C@@H]3I. The molecular formula is C11H13IO4.